The van der Waals surface area contributed by atoms with Gasteiger partial charge < -0.3 is 4.74 Å². The number of rotatable bonds is 2. The van der Waals surface area contributed by atoms with Crippen LogP contribution in [0.1, 0.15) is 10.4 Å². The van der Waals surface area contributed by atoms with Crippen LogP contribution in [0, 0.1) is 0 Å². The SMILES string of the molecule is COc1c(Br)c2cccccc-2c1C(=O)C(F)(F)F. The predicted octanol–water partition coefficient (Wildman–Crippen LogP) is 4.31. The van der Waals surface area contributed by atoms with E-state index in [1.165, 1.54) is 13.2 Å². The van der Waals surface area contributed by atoms with Gasteiger partial charge in [0.1, 0.15) is 5.75 Å². The van der Waals surface area contributed by atoms with Crippen molar-refractivity contribution in [3.05, 3.63) is 40.4 Å². The molecule has 2 nitrogen and oxygen atoms in total. The summed E-state index contributed by atoms with van der Waals surface area (Å²) in [6, 6.07) is 7.99. The van der Waals surface area contributed by atoms with Gasteiger partial charge in [0.05, 0.1) is 17.1 Å². The normalized spacial score (nSPS) is 11.6. The molecule has 0 bridgehead atoms. The minimum absolute atomic E-state index is 0.0940. The molecule has 0 amide bonds. The maximum atomic E-state index is 12.7. The minimum atomic E-state index is -4.94. The van der Waals surface area contributed by atoms with Gasteiger partial charge in [-0.1, -0.05) is 30.3 Å². The number of alkyl halides is 3. The van der Waals surface area contributed by atoms with E-state index in [1.54, 1.807) is 24.3 Å². The van der Waals surface area contributed by atoms with Gasteiger partial charge in [0, 0.05) is 5.56 Å². The maximum Gasteiger partial charge on any atom is 0.455 e. The number of methoxy groups -OCH3 is 1. The summed E-state index contributed by atoms with van der Waals surface area (Å²) >= 11 is 3.17. The van der Waals surface area contributed by atoms with Crippen LogP contribution >= 0.6 is 15.9 Å². The van der Waals surface area contributed by atoms with Gasteiger partial charge in [-0.2, -0.15) is 13.2 Å². The van der Waals surface area contributed by atoms with Crippen LogP contribution in [-0.2, 0) is 0 Å². The molecular formula is C13H8BrF3O2. The summed E-state index contributed by atoms with van der Waals surface area (Å²) in [5.41, 5.74) is 0.235. The summed E-state index contributed by atoms with van der Waals surface area (Å²) < 4.78 is 43.3. The number of ether oxygens (including phenoxy) is 1. The summed E-state index contributed by atoms with van der Waals surface area (Å²) in [6.45, 7) is 0. The molecule has 0 heterocycles. The molecule has 2 aliphatic rings. The van der Waals surface area contributed by atoms with E-state index in [-0.39, 0.29) is 11.3 Å². The van der Waals surface area contributed by atoms with Gasteiger partial charge >= 0.3 is 6.18 Å². The molecule has 0 fully saturated rings. The zero-order valence-electron chi connectivity index (χ0n) is 9.72. The lowest BCUT2D eigenvalue weighted by atomic mass is 10.1. The molecular weight excluding hydrogens is 325 g/mol. The summed E-state index contributed by atoms with van der Waals surface area (Å²) in [6.07, 6.45) is -4.94. The van der Waals surface area contributed by atoms with Crippen LogP contribution in [0.5, 0.6) is 5.75 Å². The lowest BCUT2D eigenvalue weighted by Crippen LogP contribution is -2.23. The van der Waals surface area contributed by atoms with Crippen molar-refractivity contribution in [3.63, 3.8) is 0 Å². The maximum absolute atomic E-state index is 12.7. The van der Waals surface area contributed by atoms with Gasteiger partial charge in [0.25, 0.3) is 5.78 Å². The topological polar surface area (TPSA) is 26.3 Å². The third kappa shape index (κ3) is 2.32. The first kappa shape index (κ1) is 13.9. The lowest BCUT2D eigenvalue weighted by Gasteiger charge is -2.07. The third-order valence-corrected chi connectivity index (χ3v) is 3.45. The van der Waals surface area contributed by atoms with Crippen molar-refractivity contribution >= 4 is 21.7 Å². The largest absolute Gasteiger partial charge is 0.495 e. The first-order chi connectivity index (χ1) is 8.88. The lowest BCUT2D eigenvalue weighted by molar-refractivity contribution is -0.0885. The van der Waals surface area contributed by atoms with Crippen molar-refractivity contribution in [2.75, 3.05) is 7.11 Å². The van der Waals surface area contributed by atoms with Crippen molar-refractivity contribution < 1.29 is 22.7 Å². The number of fused-ring (bicyclic) bond motifs is 1. The molecule has 0 unspecified atom stereocenters. The first-order valence-electron chi connectivity index (χ1n) is 5.23. The second kappa shape index (κ2) is 4.85. The van der Waals surface area contributed by atoms with Gasteiger partial charge in [0.2, 0.25) is 0 Å². The van der Waals surface area contributed by atoms with Crippen LogP contribution in [0.4, 0.5) is 13.2 Å². The Balaban J connectivity index is 2.79. The van der Waals surface area contributed by atoms with Crippen LogP contribution in [0.2, 0.25) is 0 Å². The van der Waals surface area contributed by atoms with Gasteiger partial charge in [-0.3, -0.25) is 4.79 Å². The fourth-order valence-electron chi connectivity index (χ4n) is 1.87. The molecule has 0 saturated heterocycles. The highest BCUT2D eigenvalue weighted by Crippen LogP contribution is 2.47. The van der Waals surface area contributed by atoms with E-state index in [1.807, 2.05) is 0 Å². The average molecular weight is 333 g/mol. The van der Waals surface area contributed by atoms with Crippen molar-refractivity contribution in [2.45, 2.75) is 6.18 Å². The van der Waals surface area contributed by atoms with Crippen LogP contribution in [0.15, 0.2) is 34.8 Å². The Hall–Kier alpha value is -1.56. The molecule has 0 aromatic rings. The molecule has 0 atom stereocenters. The van der Waals surface area contributed by atoms with E-state index in [9.17, 15) is 18.0 Å². The summed E-state index contributed by atoms with van der Waals surface area (Å²) in [7, 11) is 1.23. The molecule has 0 aromatic carbocycles. The highest BCUT2D eigenvalue weighted by molar-refractivity contribution is 9.10. The Morgan fingerprint density at radius 3 is 2.26 bits per heavy atom. The first-order valence-corrected chi connectivity index (χ1v) is 6.03. The quantitative estimate of drug-likeness (QED) is 0.766. The van der Waals surface area contributed by atoms with Gasteiger partial charge in [-0.25, -0.2) is 0 Å². The number of hydrogen-bond acceptors (Lipinski definition) is 2. The standard InChI is InChI=1S/C13H8BrF3O2/c1-19-11-9(12(18)13(15,16)17)7-5-3-2-4-6-8(7)10(11)14/h2-6H,1H3. The molecule has 0 radical (unpaired) electrons. The van der Waals surface area contributed by atoms with E-state index in [4.69, 9.17) is 4.74 Å². The second-order valence-electron chi connectivity index (χ2n) is 3.79. The minimum Gasteiger partial charge on any atom is -0.495 e. The highest BCUT2D eigenvalue weighted by Gasteiger charge is 2.44. The van der Waals surface area contributed by atoms with Crippen LogP contribution in [0.25, 0.3) is 11.1 Å². The molecule has 19 heavy (non-hydrogen) atoms. The second-order valence-corrected chi connectivity index (χ2v) is 4.58. The number of hydrogen-bond donors (Lipinski definition) is 0. The Bertz CT molecular complexity index is 608. The number of carbonyl (C=O) groups excluding carboxylic acids is 1. The van der Waals surface area contributed by atoms with E-state index in [2.05, 4.69) is 15.9 Å². The summed E-state index contributed by atoms with van der Waals surface area (Å²) in [4.78, 5) is 11.5. The molecule has 0 aromatic heterocycles. The average Bonchev–Trinajstić information content (AvgIpc) is 2.52. The predicted molar refractivity (Wildman–Crippen MR) is 67.7 cm³/mol. The van der Waals surface area contributed by atoms with Crippen LogP contribution in [0.3, 0.4) is 0 Å². The number of Topliss-reactive ketones (excluding diaryl/α,β-unsaturated/α-hetero) is 1. The molecule has 0 spiro atoms. The smallest absolute Gasteiger partial charge is 0.455 e. The molecule has 100 valence electrons. The van der Waals surface area contributed by atoms with Crippen molar-refractivity contribution in [2.24, 2.45) is 0 Å². The monoisotopic (exact) mass is 332 g/mol. The van der Waals surface area contributed by atoms with Crippen molar-refractivity contribution in [3.8, 4) is 16.9 Å². The highest BCUT2D eigenvalue weighted by atomic mass is 79.9. The Morgan fingerprint density at radius 1 is 1.16 bits per heavy atom. The Labute approximate surface area is 115 Å². The van der Waals surface area contributed by atoms with Gasteiger partial charge in [-0.15, -0.1) is 0 Å². The van der Waals surface area contributed by atoms with E-state index in [0.717, 1.165) is 0 Å². The van der Waals surface area contributed by atoms with E-state index < -0.39 is 17.5 Å². The van der Waals surface area contributed by atoms with Crippen molar-refractivity contribution in [1.29, 1.82) is 0 Å². The van der Waals surface area contributed by atoms with Crippen LogP contribution < -0.4 is 4.74 Å². The van der Waals surface area contributed by atoms with Crippen LogP contribution in [-0.4, -0.2) is 19.1 Å². The zero-order chi connectivity index (χ0) is 14.2. The van der Waals surface area contributed by atoms with E-state index in [0.29, 0.717) is 10.0 Å². The Morgan fingerprint density at radius 2 is 1.74 bits per heavy atom. The number of carbonyl (C=O) groups is 1. The molecule has 6 heteroatoms. The van der Waals surface area contributed by atoms with E-state index >= 15 is 0 Å². The molecule has 0 saturated carbocycles. The third-order valence-electron chi connectivity index (χ3n) is 2.66. The number of halogens is 4. The van der Waals surface area contributed by atoms with Gasteiger partial charge in [-0.05, 0) is 21.5 Å². The Kier molecular flexibility index (Phi) is 3.54. The number of ketones is 1. The molecule has 2 rings (SSSR count). The summed E-state index contributed by atoms with van der Waals surface area (Å²) in [5.74, 6) is -2.00. The summed E-state index contributed by atoms with van der Waals surface area (Å²) in [5, 5.41) is 0. The molecule has 0 N–H and O–H groups in total. The zero-order valence-corrected chi connectivity index (χ0v) is 11.3. The molecule has 0 aliphatic heterocycles. The fraction of sp³-hybridized carbons (Fsp3) is 0.154. The molecule has 2 aliphatic carbocycles. The van der Waals surface area contributed by atoms with Gasteiger partial charge in [0.15, 0.2) is 0 Å². The fourth-order valence-corrected chi connectivity index (χ4v) is 2.58. The van der Waals surface area contributed by atoms with Crippen molar-refractivity contribution in [1.82, 2.24) is 0 Å².